The van der Waals surface area contributed by atoms with Crippen LogP contribution in [0.3, 0.4) is 0 Å². The third-order valence-electron chi connectivity index (χ3n) is 2.54. The van der Waals surface area contributed by atoms with E-state index in [1.165, 1.54) is 0 Å². The molecule has 1 fully saturated rings. The van der Waals surface area contributed by atoms with Gasteiger partial charge in [-0.2, -0.15) is 12.0 Å². The molecule has 0 aromatic carbocycles. The molecule has 1 saturated heterocycles. The minimum absolute atomic E-state index is 0. The summed E-state index contributed by atoms with van der Waals surface area (Å²) < 4.78 is 5.25. The van der Waals surface area contributed by atoms with Crippen LogP contribution in [0.1, 0.15) is 20.8 Å². The average Bonchev–Trinajstić information content (AvgIpc) is 1.81. The molecule has 1 aliphatic heterocycles. The van der Waals surface area contributed by atoms with E-state index in [0.29, 0.717) is 5.92 Å². The third-order valence-corrected chi connectivity index (χ3v) is 2.54. The van der Waals surface area contributed by atoms with Crippen molar-refractivity contribution in [1.82, 2.24) is 0 Å². The van der Waals surface area contributed by atoms with Crippen LogP contribution >= 0.6 is 0 Å². The van der Waals surface area contributed by atoms with Gasteiger partial charge in [0.1, 0.15) is 0 Å². The second-order valence-corrected chi connectivity index (χ2v) is 3.55. The van der Waals surface area contributed by atoms with Crippen molar-refractivity contribution < 1.29 is 52.0 Å². The SMILES string of the molecule is [CH2-][C@@H]1[CH-][C@H](C)[C@@H](C)C(C)(O)O1.[Mo].[Mo]. The van der Waals surface area contributed by atoms with Gasteiger partial charge >= 0.3 is 0 Å². The van der Waals surface area contributed by atoms with Crippen LogP contribution in [0.2, 0.25) is 0 Å². The summed E-state index contributed by atoms with van der Waals surface area (Å²) in [7, 11) is 0. The van der Waals surface area contributed by atoms with Gasteiger partial charge in [-0.1, -0.05) is 13.8 Å². The van der Waals surface area contributed by atoms with Gasteiger partial charge in [-0.25, -0.2) is 0 Å². The van der Waals surface area contributed by atoms with Crippen molar-refractivity contribution >= 4 is 0 Å². The first-order valence-electron chi connectivity index (χ1n) is 4.02. The van der Waals surface area contributed by atoms with E-state index in [2.05, 4.69) is 13.8 Å². The Morgan fingerprint density at radius 1 is 1.38 bits per heavy atom. The first-order valence-corrected chi connectivity index (χ1v) is 4.02. The molecule has 0 aromatic heterocycles. The second-order valence-electron chi connectivity index (χ2n) is 3.55. The zero-order valence-corrected chi connectivity index (χ0v) is 12.2. The van der Waals surface area contributed by atoms with Gasteiger partial charge < -0.3 is 23.2 Å². The summed E-state index contributed by atoms with van der Waals surface area (Å²) in [6.45, 7) is 9.48. The molecular weight excluding hydrogens is 332 g/mol. The summed E-state index contributed by atoms with van der Waals surface area (Å²) in [5.74, 6) is -0.512. The zero-order chi connectivity index (χ0) is 8.65. The molecule has 1 aliphatic rings. The molecule has 13 heavy (non-hydrogen) atoms. The van der Waals surface area contributed by atoms with Crippen LogP contribution in [-0.4, -0.2) is 17.0 Å². The Balaban J connectivity index is 0. The van der Waals surface area contributed by atoms with E-state index in [1.54, 1.807) is 6.92 Å². The van der Waals surface area contributed by atoms with Crippen molar-refractivity contribution in [3.05, 3.63) is 13.3 Å². The molecule has 4 heteroatoms. The third kappa shape index (κ3) is 4.12. The molecular formula is C9H16Mo2O2-2. The maximum absolute atomic E-state index is 9.70. The number of rotatable bonds is 0. The first-order chi connectivity index (χ1) is 4.93. The van der Waals surface area contributed by atoms with Crippen LogP contribution in [0.15, 0.2) is 0 Å². The van der Waals surface area contributed by atoms with Crippen LogP contribution in [0.4, 0.5) is 0 Å². The fraction of sp³-hybridized carbons (Fsp3) is 0.778. The van der Waals surface area contributed by atoms with Gasteiger partial charge in [0.25, 0.3) is 0 Å². The Bertz CT molecular complexity index is 151. The monoisotopic (exact) mass is 352 g/mol. The Labute approximate surface area is 109 Å². The van der Waals surface area contributed by atoms with E-state index >= 15 is 0 Å². The van der Waals surface area contributed by atoms with E-state index in [0.717, 1.165) is 0 Å². The summed E-state index contributed by atoms with van der Waals surface area (Å²) in [4.78, 5) is 0. The van der Waals surface area contributed by atoms with Gasteiger partial charge in [-0.3, -0.25) is 0 Å². The molecule has 0 spiro atoms. The smallest absolute Gasteiger partial charge is 0.157 e. The van der Waals surface area contributed by atoms with Gasteiger partial charge in [-0.05, 0) is 12.8 Å². The van der Waals surface area contributed by atoms with Crippen LogP contribution in [0.25, 0.3) is 0 Å². The minimum Gasteiger partial charge on any atom is -0.411 e. The predicted octanol–water partition coefficient (Wildman–Crippen LogP) is 1.40. The quantitative estimate of drug-likeness (QED) is 0.530. The minimum atomic E-state index is -1.01. The number of aliphatic hydroxyl groups is 1. The van der Waals surface area contributed by atoms with Crippen LogP contribution < -0.4 is 0 Å². The molecule has 78 valence electrons. The van der Waals surface area contributed by atoms with Crippen LogP contribution in [-0.2, 0) is 46.9 Å². The maximum Gasteiger partial charge on any atom is 0.157 e. The van der Waals surface area contributed by atoms with E-state index in [9.17, 15) is 5.11 Å². The fourth-order valence-electron chi connectivity index (χ4n) is 1.45. The van der Waals surface area contributed by atoms with Crippen molar-refractivity contribution in [2.75, 3.05) is 0 Å². The molecule has 0 saturated carbocycles. The largest absolute Gasteiger partial charge is 0.411 e. The van der Waals surface area contributed by atoms with E-state index < -0.39 is 5.79 Å². The standard InChI is InChI=1S/C9H16O2.2Mo/c1-6-5-7(2)11-9(4,10)8(6)3;;/h5-8,10H,2H2,1,3-4H3;;/q-2;;/t6-,7+,8+,9?;;/m0../s1. The normalized spacial score (nSPS) is 44.5. The van der Waals surface area contributed by atoms with Crippen LogP contribution in [0, 0.1) is 25.2 Å². The molecule has 4 atom stereocenters. The fourth-order valence-corrected chi connectivity index (χ4v) is 1.45. The van der Waals surface area contributed by atoms with E-state index in [1.807, 2.05) is 13.3 Å². The summed E-state index contributed by atoms with van der Waals surface area (Å²) >= 11 is 0. The van der Waals surface area contributed by atoms with E-state index in [4.69, 9.17) is 4.74 Å². The van der Waals surface area contributed by atoms with Crippen molar-refractivity contribution in [1.29, 1.82) is 0 Å². The van der Waals surface area contributed by atoms with E-state index in [-0.39, 0.29) is 54.2 Å². The number of hydrogen-bond acceptors (Lipinski definition) is 2. The van der Waals surface area contributed by atoms with Crippen molar-refractivity contribution in [3.8, 4) is 0 Å². The van der Waals surface area contributed by atoms with Gasteiger partial charge in [0, 0.05) is 42.1 Å². The molecule has 1 N–H and O–H groups in total. The molecule has 0 bridgehead atoms. The number of ether oxygens (including phenoxy) is 1. The average molecular weight is 348 g/mol. The Hall–Kier alpha value is 1.30. The molecule has 1 rings (SSSR count). The predicted molar refractivity (Wildman–Crippen MR) is 43.5 cm³/mol. The second kappa shape index (κ2) is 6.01. The molecule has 0 aromatic rings. The zero-order valence-electron chi connectivity index (χ0n) is 8.19. The molecule has 0 aliphatic carbocycles. The van der Waals surface area contributed by atoms with Gasteiger partial charge in [0.15, 0.2) is 5.79 Å². The van der Waals surface area contributed by atoms with Crippen LogP contribution in [0.5, 0.6) is 0 Å². The summed E-state index contributed by atoms with van der Waals surface area (Å²) in [6.07, 6.45) is 1.83. The Kier molecular flexibility index (Phi) is 7.72. The summed E-state index contributed by atoms with van der Waals surface area (Å²) in [5, 5.41) is 9.70. The van der Waals surface area contributed by atoms with Gasteiger partial charge in [0.05, 0.1) is 0 Å². The Morgan fingerprint density at radius 3 is 2.23 bits per heavy atom. The molecule has 0 radical (unpaired) electrons. The van der Waals surface area contributed by atoms with Crippen molar-refractivity contribution in [3.63, 3.8) is 0 Å². The maximum atomic E-state index is 9.70. The van der Waals surface area contributed by atoms with Gasteiger partial charge in [0.2, 0.25) is 0 Å². The molecule has 2 nitrogen and oxygen atoms in total. The van der Waals surface area contributed by atoms with Gasteiger partial charge in [-0.15, -0.1) is 0 Å². The van der Waals surface area contributed by atoms with Crippen molar-refractivity contribution in [2.24, 2.45) is 11.8 Å². The molecule has 1 heterocycles. The topological polar surface area (TPSA) is 29.5 Å². The number of hydrogen-bond donors (Lipinski definition) is 1. The van der Waals surface area contributed by atoms with Crippen molar-refractivity contribution in [2.45, 2.75) is 32.7 Å². The Morgan fingerprint density at radius 2 is 1.85 bits per heavy atom. The first kappa shape index (κ1) is 16.7. The summed E-state index contributed by atoms with van der Waals surface area (Å²) in [5.41, 5.74) is 0. The molecule has 0 amide bonds. The molecule has 1 unspecified atom stereocenters. The summed E-state index contributed by atoms with van der Waals surface area (Å²) in [6, 6.07) is 0.